The number of halogens is 2. The smallest absolute Gasteiger partial charge is 0.308 e. The van der Waals surface area contributed by atoms with Crippen molar-refractivity contribution in [3.63, 3.8) is 0 Å². The number of ether oxygens (including phenoxy) is 3. The van der Waals surface area contributed by atoms with Crippen molar-refractivity contribution in [2.75, 3.05) is 18.5 Å². The van der Waals surface area contributed by atoms with E-state index in [2.05, 4.69) is 15.4 Å². The van der Waals surface area contributed by atoms with Gasteiger partial charge in [0.25, 0.3) is 5.91 Å². The van der Waals surface area contributed by atoms with Crippen LogP contribution in [0.1, 0.15) is 41.6 Å². The molecule has 1 aliphatic heterocycles. The molecule has 1 fully saturated rings. The van der Waals surface area contributed by atoms with Crippen molar-refractivity contribution in [3.05, 3.63) is 108 Å². The van der Waals surface area contributed by atoms with E-state index < -0.39 is 34.7 Å². The number of nitrogens with zero attached hydrogens (tertiary/aromatic N) is 3. The normalized spacial score (nSPS) is 18.7. The summed E-state index contributed by atoms with van der Waals surface area (Å²) in [6.07, 6.45) is 2.07. The molecule has 0 bridgehead atoms. The van der Waals surface area contributed by atoms with E-state index in [1.165, 1.54) is 42.1 Å². The summed E-state index contributed by atoms with van der Waals surface area (Å²) in [6.45, 7) is 3.55. The predicted octanol–water partition coefficient (Wildman–Crippen LogP) is 4.86. The largest absolute Gasteiger partial charge is 0.427 e. The van der Waals surface area contributed by atoms with Crippen molar-refractivity contribution in [2.24, 2.45) is 0 Å². The van der Waals surface area contributed by atoms with Gasteiger partial charge in [0.1, 0.15) is 35.6 Å². The van der Waals surface area contributed by atoms with Crippen LogP contribution in [0.15, 0.2) is 79.4 Å². The Hall–Kier alpha value is -4.17. The molecule has 1 aromatic heterocycles. The van der Waals surface area contributed by atoms with Gasteiger partial charge in [-0.2, -0.15) is 5.10 Å². The molecule has 2 N–H and O–H groups in total. The van der Waals surface area contributed by atoms with Gasteiger partial charge in [-0.1, -0.05) is 25.1 Å². The molecule has 4 aromatic rings. The first-order chi connectivity index (χ1) is 21.1. The maximum absolute atomic E-state index is 14.8. The number of carbonyl (C=O) groups excluding carboxylic acids is 2. The number of amides is 1. The van der Waals surface area contributed by atoms with Gasteiger partial charge in [-0.15, -0.1) is 11.8 Å². The van der Waals surface area contributed by atoms with Crippen LogP contribution in [0.5, 0.6) is 5.75 Å². The van der Waals surface area contributed by atoms with Crippen LogP contribution in [0.4, 0.5) is 14.5 Å². The molecule has 44 heavy (non-hydrogen) atoms. The Morgan fingerprint density at radius 3 is 2.43 bits per heavy atom. The summed E-state index contributed by atoms with van der Waals surface area (Å²) in [5, 5.41) is 17.8. The second-order valence-electron chi connectivity index (χ2n) is 10.2. The van der Waals surface area contributed by atoms with Crippen LogP contribution in [0, 0.1) is 11.6 Å². The number of nitrogens with one attached hydrogen (secondary N) is 1. The van der Waals surface area contributed by atoms with E-state index in [9.17, 15) is 23.5 Å². The highest BCUT2D eigenvalue weighted by molar-refractivity contribution is 8.00. The molecule has 10 nitrogen and oxygen atoms in total. The molecule has 2 unspecified atom stereocenters. The first-order valence-electron chi connectivity index (χ1n) is 13.7. The Morgan fingerprint density at radius 2 is 1.82 bits per heavy atom. The first-order valence-corrected chi connectivity index (χ1v) is 14.6. The number of hydrogen-bond acceptors (Lipinski definition) is 9. The maximum atomic E-state index is 14.8. The highest BCUT2D eigenvalue weighted by Crippen LogP contribution is 2.39. The van der Waals surface area contributed by atoms with Crippen molar-refractivity contribution in [1.29, 1.82) is 0 Å². The van der Waals surface area contributed by atoms with Gasteiger partial charge >= 0.3 is 5.97 Å². The summed E-state index contributed by atoms with van der Waals surface area (Å²) in [5.41, 5.74) is -0.0983. The lowest BCUT2D eigenvalue weighted by Crippen LogP contribution is -2.43. The van der Waals surface area contributed by atoms with Crippen LogP contribution in [0.25, 0.3) is 0 Å². The Bertz CT molecular complexity index is 1580. The molecule has 0 saturated carbocycles. The van der Waals surface area contributed by atoms with Crippen molar-refractivity contribution >= 4 is 29.3 Å². The zero-order chi connectivity index (χ0) is 31.3. The molecule has 230 valence electrons. The summed E-state index contributed by atoms with van der Waals surface area (Å²) >= 11 is 1.37. The van der Waals surface area contributed by atoms with Gasteiger partial charge in [0.15, 0.2) is 6.29 Å². The molecule has 2 atom stereocenters. The minimum absolute atomic E-state index is 0.0481. The lowest BCUT2D eigenvalue weighted by Gasteiger charge is -2.37. The lowest BCUT2D eigenvalue weighted by molar-refractivity contribution is -0.180. The third kappa shape index (κ3) is 7.48. The van der Waals surface area contributed by atoms with Crippen LogP contribution in [-0.4, -0.2) is 55.5 Å². The number of benzene rings is 3. The van der Waals surface area contributed by atoms with E-state index in [0.717, 1.165) is 17.7 Å². The maximum Gasteiger partial charge on any atom is 0.308 e. The fourth-order valence-electron chi connectivity index (χ4n) is 4.76. The highest BCUT2D eigenvalue weighted by atomic mass is 32.2. The molecule has 1 saturated heterocycles. The molecule has 0 radical (unpaired) electrons. The summed E-state index contributed by atoms with van der Waals surface area (Å²) < 4.78 is 46.8. The Balaban J connectivity index is 1.17. The molecule has 3 aromatic carbocycles. The summed E-state index contributed by atoms with van der Waals surface area (Å²) in [7, 11) is 0. The fraction of sp³-hybridized carbons (Fsp3) is 0.290. The van der Waals surface area contributed by atoms with E-state index in [-0.39, 0.29) is 36.5 Å². The van der Waals surface area contributed by atoms with Gasteiger partial charge in [-0.05, 0) is 42.5 Å². The molecule has 5 rings (SSSR count). The highest BCUT2D eigenvalue weighted by Gasteiger charge is 2.41. The van der Waals surface area contributed by atoms with Crippen molar-refractivity contribution in [3.8, 4) is 5.75 Å². The predicted molar refractivity (Wildman–Crippen MR) is 158 cm³/mol. The number of aromatic nitrogens is 3. The van der Waals surface area contributed by atoms with Crippen LogP contribution in [-0.2, 0) is 26.4 Å². The fourth-order valence-corrected chi connectivity index (χ4v) is 6.08. The number of esters is 1. The number of thioether (sulfide) groups is 1. The number of hydrogen-bond donors (Lipinski definition) is 2. The monoisotopic (exact) mass is 624 g/mol. The van der Waals surface area contributed by atoms with Crippen molar-refractivity contribution in [1.82, 2.24) is 14.8 Å². The number of rotatable bonds is 10. The zero-order valence-electron chi connectivity index (χ0n) is 23.9. The van der Waals surface area contributed by atoms with Crippen LogP contribution < -0.4 is 10.1 Å². The third-order valence-corrected chi connectivity index (χ3v) is 8.48. The summed E-state index contributed by atoms with van der Waals surface area (Å²) in [6, 6.07) is 16.4. The lowest BCUT2D eigenvalue weighted by atomic mass is 9.90. The second-order valence-corrected chi connectivity index (χ2v) is 11.9. The Morgan fingerprint density at radius 1 is 1.11 bits per heavy atom. The molecule has 0 spiro atoms. The Kier molecular flexibility index (Phi) is 9.69. The van der Waals surface area contributed by atoms with E-state index in [0.29, 0.717) is 17.0 Å². The van der Waals surface area contributed by atoms with E-state index in [1.54, 1.807) is 55.5 Å². The van der Waals surface area contributed by atoms with Crippen molar-refractivity contribution in [2.45, 2.75) is 42.8 Å². The number of anilines is 1. The molecule has 1 amide bonds. The third-order valence-electron chi connectivity index (χ3n) is 7.02. The Labute approximate surface area is 256 Å². The average molecular weight is 625 g/mol. The minimum atomic E-state index is -1.74. The molecule has 1 aliphatic rings. The number of aliphatic hydroxyl groups is 1. The van der Waals surface area contributed by atoms with Gasteiger partial charge in [0, 0.05) is 40.6 Å². The van der Waals surface area contributed by atoms with Crippen LogP contribution in [0.3, 0.4) is 0 Å². The van der Waals surface area contributed by atoms with Gasteiger partial charge in [-0.25, -0.2) is 18.4 Å². The SMILES string of the molecule is CC(=O)Oc1ccc(NC(=O)c2ccc(C3OCC(SC(C)C(O)(Cn4cncn4)c4ccc(F)cc4F)CO3)cc2)cc1. The van der Waals surface area contributed by atoms with Gasteiger partial charge in [0.2, 0.25) is 0 Å². The molecule has 13 heteroatoms. The van der Waals surface area contributed by atoms with E-state index in [4.69, 9.17) is 14.2 Å². The standard InChI is InChI=1S/C31H30F2N4O6S/c1-19(31(40,16-37-18-34-17-35-37)27-12-7-23(32)13-28(27)33)44-26-14-41-30(42-15-26)22-5-3-21(4-6-22)29(39)36-24-8-10-25(11-9-24)43-20(2)38/h3-13,17-19,26,30,40H,14-16H2,1-2H3,(H,36,39). The molecule has 2 heterocycles. The minimum Gasteiger partial charge on any atom is -0.427 e. The zero-order valence-corrected chi connectivity index (χ0v) is 24.7. The van der Waals surface area contributed by atoms with Crippen LogP contribution >= 0.6 is 11.8 Å². The summed E-state index contributed by atoms with van der Waals surface area (Å²) in [5.74, 6) is -1.96. The summed E-state index contributed by atoms with van der Waals surface area (Å²) in [4.78, 5) is 27.7. The van der Waals surface area contributed by atoms with E-state index >= 15 is 0 Å². The van der Waals surface area contributed by atoms with Gasteiger partial charge < -0.3 is 24.6 Å². The van der Waals surface area contributed by atoms with Crippen molar-refractivity contribution < 1.29 is 37.7 Å². The second kappa shape index (κ2) is 13.6. The molecular formula is C31H30F2N4O6S. The van der Waals surface area contributed by atoms with Gasteiger partial charge in [0.05, 0.1) is 25.0 Å². The molecule has 0 aliphatic carbocycles. The average Bonchev–Trinajstić information content (AvgIpc) is 3.51. The van der Waals surface area contributed by atoms with E-state index in [1.807, 2.05) is 0 Å². The number of carbonyl (C=O) groups is 2. The topological polar surface area (TPSA) is 125 Å². The first kappa shape index (κ1) is 31.3. The van der Waals surface area contributed by atoms with Gasteiger partial charge in [-0.3, -0.25) is 9.59 Å². The van der Waals surface area contributed by atoms with Crippen LogP contribution in [0.2, 0.25) is 0 Å². The quantitative estimate of drug-likeness (QED) is 0.188. The molecular weight excluding hydrogens is 594 g/mol.